The van der Waals surface area contributed by atoms with E-state index in [0.717, 1.165) is 37.3 Å². The first kappa shape index (κ1) is 13.0. The summed E-state index contributed by atoms with van der Waals surface area (Å²) in [5.74, 6) is 0.190. The summed E-state index contributed by atoms with van der Waals surface area (Å²) < 4.78 is 0. The zero-order valence-corrected chi connectivity index (χ0v) is 10.9. The molecule has 0 unspecified atom stereocenters. The van der Waals surface area contributed by atoms with Gasteiger partial charge in [-0.2, -0.15) is 0 Å². The van der Waals surface area contributed by atoms with Gasteiger partial charge in [0.25, 0.3) is 0 Å². The number of amides is 1. The minimum Gasteiger partial charge on any atom is -0.342 e. The molecule has 18 heavy (non-hydrogen) atoms. The number of likely N-dealkylation sites (tertiary alicyclic amines) is 1. The van der Waals surface area contributed by atoms with Gasteiger partial charge >= 0.3 is 0 Å². The number of aryl methyl sites for hydroxylation is 1. The molecule has 98 valence electrons. The maximum atomic E-state index is 11.9. The van der Waals surface area contributed by atoms with Crippen LogP contribution in [-0.2, 0) is 11.3 Å². The van der Waals surface area contributed by atoms with Crippen molar-refractivity contribution in [3.8, 4) is 0 Å². The van der Waals surface area contributed by atoms with Crippen LogP contribution in [0.1, 0.15) is 30.7 Å². The molecule has 1 fully saturated rings. The standard InChI is InChI=1S/C13H20N4O/c1-11-7-16-12(9-15-11)8-14-10-13(18)17-5-3-2-4-6-17/h7,9,14H,2-6,8,10H2,1H3. The van der Waals surface area contributed by atoms with Crippen LogP contribution in [0, 0.1) is 6.92 Å². The van der Waals surface area contributed by atoms with Crippen molar-refractivity contribution in [2.24, 2.45) is 0 Å². The summed E-state index contributed by atoms with van der Waals surface area (Å²) in [4.78, 5) is 22.2. The summed E-state index contributed by atoms with van der Waals surface area (Å²) in [6, 6.07) is 0. The van der Waals surface area contributed by atoms with Crippen LogP contribution in [0.3, 0.4) is 0 Å². The molecule has 1 N–H and O–H groups in total. The molecule has 1 aliphatic heterocycles. The number of carbonyl (C=O) groups is 1. The largest absolute Gasteiger partial charge is 0.342 e. The molecule has 0 bridgehead atoms. The van der Waals surface area contributed by atoms with Crippen molar-refractivity contribution in [1.82, 2.24) is 20.2 Å². The smallest absolute Gasteiger partial charge is 0.236 e. The molecule has 2 rings (SSSR count). The lowest BCUT2D eigenvalue weighted by Gasteiger charge is -2.26. The van der Waals surface area contributed by atoms with E-state index in [2.05, 4.69) is 15.3 Å². The summed E-state index contributed by atoms with van der Waals surface area (Å²) in [7, 11) is 0. The number of aromatic nitrogens is 2. The molecular formula is C13H20N4O. The molecule has 0 aliphatic carbocycles. The predicted molar refractivity (Wildman–Crippen MR) is 68.9 cm³/mol. The van der Waals surface area contributed by atoms with Crippen LogP contribution >= 0.6 is 0 Å². The lowest BCUT2D eigenvalue weighted by Crippen LogP contribution is -2.41. The fourth-order valence-electron chi connectivity index (χ4n) is 2.06. The third kappa shape index (κ3) is 3.77. The van der Waals surface area contributed by atoms with Gasteiger partial charge in [0.05, 0.1) is 17.9 Å². The van der Waals surface area contributed by atoms with E-state index < -0.39 is 0 Å². The van der Waals surface area contributed by atoms with Gasteiger partial charge in [0, 0.05) is 32.0 Å². The molecule has 1 saturated heterocycles. The van der Waals surface area contributed by atoms with Crippen molar-refractivity contribution >= 4 is 5.91 Å². The second kappa shape index (κ2) is 6.44. The van der Waals surface area contributed by atoms with Crippen molar-refractivity contribution in [2.45, 2.75) is 32.7 Å². The Morgan fingerprint density at radius 3 is 2.72 bits per heavy atom. The Morgan fingerprint density at radius 1 is 1.28 bits per heavy atom. The number of piperidine rings is 1. The van der Waals surface area contributed by atoms with E-state index in [1.54, 1.807) is 12.4 Å². The molecule has 1 aromatic heterocycles. The zero-order valence-electron chi connectivity index (χ0n) is 10.9. The second-order valence-electron chi connectivity index (χ2n) is 4.69. The second-order valence-corrected chi connectivity index (χ2v) is 4.69. The van der Waals surface area contributed by atoms with E-state index >= 15 is 0 Å². The van der Waals surface area contributed by atoms with Gasteiger partial charge in [-0.1, -0.05) is 0 Å². The van der Waals surface area contributed by atoms with Crippen LogP contribution in [0.2, 0.25) is 0 Å². The first-order valence-electron chi connectivity index (χ1n) is 6.52. The summed E-state index contributed by atoms with van der Waals surface area (Å²) >= 11 is 0. The van der Waals surface area contributed by atoms with E-state index in [1.165, 1.54) is 6.42 Å². The number of hydrogen-bond acceptors (Lipinski definition) is 4. The van der Waals surface area contributed by atoms with Crippen molar-refractivity contribution in [1.29, 1.82) is 0 Å². The molecule has 2 heterocycles. The molecular weight excluding hydrogens is 228 g/mol. The number of hydrogen-bond donors (Lipinski definition) is 1. The SMILES string of the molecule is Cc1cnc(CNCC(=O)N2CCCCC2)cn1. The van der Waals surface area contributed by atoms with Gasteiger partial charge in [0.1, 0.15) is 0 Å². The predicted octanol–water partition coefficient (Wildman–Crippen LogP) is 0.887. The number of carbonyl (C=O) groups excluding carboxylic acids is 1. The summed E-state index contributed by atoms with van der Waals surface area (Å²) in [5, 5.41) is 3.12. The molecule has 0 aromatic carbocycles. The Hall–Kier alpha value is -1.49. The van der Waals surface area contributed by atoms with Crippen LogP contribution in [0.15, 0.2) is 12.4 Å². The quantitative estimate of drug-likeness (QED) is 0.859. The minimum absolute atomic E-state index is 0.190. The van der Waals surface area contributed by atoms with Crippen LogP contribution in [0.5, 0.6) is 0 Å². The van der Waals surface area contributed by atoms with Gasteiger partial charge in [-0.25, -0.2) is 0 Å². The molecule has 0 saturated carbocycles. The third-order valence-electron chi connectivity index (χ3n) is 3.13. The Balaban J connectivity index is 1.71. The van der Waals surface area contributed by atoms with Gasteiger partial charge in [0.2, 0.25) is 5.91 Å². The van der Waals surface area contributed by atoms with E-state index in [-0.39, 0.29) is 5.91 Å². The van der Waals surface area contributed by atoms with E-state index in [4.69, 9.17) is 0 Å². The van der Waals surface area contributed by atoms with Crippen molar-refractivity contribution < 1.29 is 4.79 Å². The Labute approximate surface area is 108 Å². The van der Waals surface area contributed by atoms with Crippen molar-refractivity contribution in [2.75, 3.05) is 19.6 Å². The third-order valence-corrected chi connectivity index (χ3v) is 3.13. The molecule has 5 nitrogen and oxygen atoms in total. The monoisotopic (exact) mass is 248 g/mol. The van der Waals surface area contributed by atoms with Crippen LogP contribution in [-0.4, -0.2) is 40.4 Å². The first-order valence-corrected chi connectivity index (χ1v) is 6.52. The molecule has 0 spiro atoms. The molecule has 1 amide bonds. The van der Waals surface area contributed by atoms with E-state index in [0.29, 0.717) is 13.1 Å². The van der Waals surface area contributed by atoms with Crippen LogP contribution in [0.25, 0.3) is 0 Å². The highest BCUT2D eigenvalue weighted by atomic mass is 16.2. The zero-order chi connectivity index (χ0) is 12.8. The number of nitrogens with one attached hydrogen (secondary N) is 1. The fraction of sp³-hybridized carbons (Fsp3) is 0.615. The maximum Gasteiger partial charge on any atom is 0.236 e. The molecule has 1 aromatic rings. The maximum absolute atomic E-state index is 11.9. The normalized spacial score (nSPS) is 15.7. The van der Waals surface area contributed by atoms with Crippen LogP contribution < -0.4 is 5.32 Å². The van der Waals surface area contributed by atoms with Gasteiger partial charge in [0.15, 0.2) is 0 Å². The summed E-state index contributed by atoms with van der Waals surface area (Å²) in [5.41, 5.74) is 1.77. The van der Waals surface area contributed by atoms with Crippen LogP contribution in [0.4, 0.5) is 0 Å². The Bertz CT molecular complexity index is 384. The summed E-state index contributed by atoms with van der Waals surface area (Å²) in [6.07, 6.45) is 7.00. The lowest BCUT2D eigenvalue weighted by molar-refractivity contribution is -0.131. The summed E-state index contributed by atoms with van der Waals surface area (Å²) in [6.45, 7) is 4.70. The van der Waals surface area contributed by atoms with Crippen molar-refractivity contribution in [3.05, 3.63) is 23.8 Å². The van der Waals surface area contributed by atoms with Gasteiger partial charge in [-0.05, 0) is 26.2 Å². The Kier molecular flexibility index (Phi) is 4.64. The van der Waals surface area contributed by atoms with E-state index in [9.17, 15) is 4.79 Å². The Morgan fingerprint density at radius 2 is 2.06 bits per heavy atom. The first-order chi connectivity index (χ1) is 8.75. The van der Waals surface area contributed by atoms with Gasteiger partial charge < -0.3 is 10.2 Å². The van der Waals surface area contributed by atoms with Gasteiger partial charge in [-0.3, -0.25) is 14.8 Å². The van der Waals surface area contributed by atoms with Crippen molar-refractivity contribution in [3.63, 3.8) is 0 Å². The fourth-order valence-corrected chi connectivity index (χ4v) is 2.06. The minimum atomic E-state index is 0.190. The molecule has 1 aliphatic rings. The number of rotatable bonds is 4. The molecule has 0 atom stereocenters. The average Bonchev–Trinajstić information content (AvgIpc) is 2.42. The highest BCUT2D eigenvalue weighted by molar-refractivity contribution is 5.78. The van der Waals surface area contributed by atoms with E-state index in [1.807, 2.05) is 11.8 Å². The molecule has 0 radical (unpaired) electrons. The van der Waals surface area contributed by atoms with Gasteiger partial charge in [-0.15, -0.1) is 0 Å². The highest BCUT2D eigenvalue weighted by Gasteiger charge is 2.15. The highest BCUT2D eigenvalue weighted by Crippen LogP contribution is 2.08. The average molecular weight is 248 g/mol. The molecule has 5 heteroatoms. The lowest BCUT2D eigenvalue weighted by atomic mass is 10.1. The topological polar surface area (TPSA) is 58.1 Å². The number of nitrogens with zero attached hydrogens (tertiary/aromatic N) is 3.